The van der Waals surface area contributed by atoms with E-state index in [-0.39, 0.29) is 19.4 Å². The number of carbonyl (C=O) groups is 2. The zero-order chi connectivity index (χ0) is 36.3. The first-order valence-electron chi connectivity index (χ1n) is 18.2. The molecule has 0 radical (unpaired) electrons. The summed E-state index contributed by atoms with van der Waals surface area (Å²) in [5, 5.41) is 18.2. The zero-order valence-electron chi connectivity index (χ0n) is 30.1. The van der Waals surface area contributed by atoms with E-state index in [0.717, 1.165) is 44.9 Å². The summed E-state index contributed by atoms with van der Waals surface area (Å²) in [6.07, 6.45) is 35.2. The monoisotopic (exact) mass is 712 g/mol. The first-order chi connectivity index (χ1) is 23.7. The Balaban J connectivity index is 4.49. The molecule has 0 amide bonds. The average Bonchev–Trinajstić information content (AvgIpc) is 3.09. The summed E-state index contributed by atoms with van der Waals surface area (Å²) < 4.78 is 32.3. The number of carbonyl (C=O) groups excluding carboxylic acids is 2. The standard InChI is InChI=1S/C38H65O10P/c1-3-5-7-9-11-12-13-14-15-16-17-18-19-20-21-22-24-26-28-30-38(42)48-36(34-47-49(43,44)46-32-35(40)31-39)33-45-37(41)29-27-25-23-10-8-6-4-2/h11-12,14-15,17-18,20-21,24,26,35-36,39-40H,3-10,13,16,19,22-23,25,27-34H2,1-2H3,(H,43,44)/b12-11+,15-14+,18-17+,21-20+,26-24+/t35-,36+/m0/s1. The molecular weight excluding hydrogens is 647 g/mol. The number of ether oxygens (including phenoxy) is 2. The lowest BCUT2D eigenvalue weighted by Gasteiger charge is -2.20. The highest BCUT2D eigenvalue weighted by Crippen LogP contribution is 2.43. The van der Waals surface area contributed by atoms with Gasteiger partial charge in [0.05, 0.1) is 19.8 Å². The summed E-state index contributed by atoms with van der Waals surface area (Å²) in [5.41, 5.74) is 0. The second kappa shape index (κ2) is 34.1. The lowest BCUT2D eigenvalue weighted by atomic mass is 10.1. The highest BCUT2D eigenvalue weighted by Gasteiger charge is 2.27. The number of hydrogen-bond donors (Lipinski definition) is 3. The van der Waals surface area contributed by atoms with Crippen LogP contribution in [0.5, 0.6) is 0 Å². The van der Waals surface area contributed by atoms with Crippen LogP contribution < -0.4 is 0 Å². The van der Waals surface area contributed by atoms with E-state index in [9.17, 15) is 24.2 Å². The van der Waals surface area contributed by atoms with E-state index in [1.165, 1.54) is 44.9 Å². The van der Waals surface area contributed by atoms with Gasteiger partial charge in [-0.3, -0.25) is 18.6 Å². The number of aliphatic hydroxyl groups is 2. The molecule has 0 aliphatic rings. The van der Waals surface area contributed by atoms with Crippen LogP contribution in [0.25, 0.3) is 0 Å². The SMILES string of the molecule is CCCCC/C=C/C/C=C/C/C=C/C/C=C/C/C=C/CCC(=O)O[C@H](COC(=O)CCCCCCCCC)COP(=O)(O)OC[C@@H](O)CO. The summed E-state index contributed by atoms with van der Waals surface area (Å²) in [6, 6.07) is 0. The molecule has 10 nitrogen and oxygen atoms in total. The molecule has 282 valence electrons. The largest absolute Gasteiger partial charge is 0.472 e. The zero-order valence-corrected chi connectivity index (χ0v) is 31.0. The molecule has 0 bridgehead atoms. The fourth-order valence-corrected chi connectivity index (χ4v) is 5.12. The van der Waals surface area contributed by atoms with Crippen molar-refractivity contribution >= 4 is 19.8 Å². The maximum atomic E-state index is 12.5. The van der Waals surface area contributed by atoms with Gasteiger partial charge in [0, 0.05) is 12.8 Å². The third-order valence-electron chi connectivity index (χ3n) is 7.19. The first kappa shape index (κ1) is 46.7. The third-order valence-corrected chi connectivity index (χ3v) is 8.14. The van der Waals surface area contributed by atoms with Gasteiger partial charge in [-0.25, -0.2) is 4.57 Å². The number of hydrogen-bond acceptors (Lipinski definition) is 9. The van der Waals surface area contributed by atoms with Crippen LogP contribution in [0.1, 0.15) is 129 Å². The number of aliphatic hydroxyl groups excluding tert-OH is 2. The number of esters is 2. The minimum atomic E-state index is -4.63. The summed E-state index contributed by atoms with van der Waals surface area (Å²) in [7, 11) is -4.63. The van der Waals surface area contributed by atoms with E-state index in [1.807, 2.05) is 12.2 Å². The van der Waals surface area contributed by atoms with Crippen LogP contribution in [0.4, 0.5) is 0 Å². The van der Waals surface area contributed by atoms with Crippen LogP contribution in [0.15, 0.2) is 60.8 Å². The second-order valence-electron chi connectivity index (χ2n) is 11.9. The van der Waals surface area contributed by atoms with Crippen molar-refractivity contribution in [1.82, 2.24) is 0 Å². The molecule has 0 aromatic rings. The number of allylic oxidation sites excluding steroid dienone is 10. The molecule has 0 aliphatic carbocycles. The molecule has 0 fully saturated rings. The lowest BCUT2D eigenvalue weighted by Crippen LogP contribution is -2.29. The molecule has 0 heterocycles. The number of unbranched alkanes of at least 4 members (excludes halogenated alkanes) is 9. The molecule has 0 aromatic heterocycles. The molecule has 0 saturated carbocycles. The molecular formula is C38H65O10P. The van der Waals surface area contributed by atoms with Crippen LogP contribution in [-0.2, 0) is 32.7 Å². The smallest absolute Gasteiger partial charge is 0.462 e. The molecule has 11 heteroatoms. The van der Waals surface area contributed by atoms with Crippen molar-refractivity contribution in [1.29, 1.82) is 0 Å². The van der Waals surface area contributed by atoms with Crippen LogP contribution in [0.2, 0.25) is 0 Å². The van der Waals surface area contributed by atoms with Gasteiger partial charge in [-0.05, 0) is 51.4 Å². The fourth-order valence-electron chi connectivity index (χ4n) is 4.33. The van der Waals surface area contributed by atoms with Gasteiger partial charge in [0.1, 0.15) is 12.7 Å². The van der Waals surface area contributed by atoms with Crippen molar-refractivity contribution in [3.63, 3.8) is 0 Å². The highest BCUT2D eigenvalue weighted by molar-refractivity contribution is 7.47. The lowest BCUT2D eigenvalue weighted by molar-refractivity contribution is -0.161. The Labute approximate surface area is 296 Å². The van der Waals surface area contributed by atoms with Gasteiger partial charge < -0.3 is 24.6 Å². The molecule has 0 aromatic carbocycles. The molecule has 49 heavy (non-hydrogen) atoms. The third kappa shape index (κ3) is 33.9. The Morgan fingerprint density at radius 3 is 1.67 bits per heavy atom. The van der Waals surface area contributed by atoms with E-state index in [2.05, 4.69) is 67.0 Å². The van der Waals surface area contributed by atoms with Crippen molar-refractivity contribution in [3.05, 3.63) is 60.8 Å². The predicted octanol–water partition coefficient (Wildman–Crippen LogP) is 8.77. The molecule has 3 atom stereocenters. The Kier molecular flexibility index (Phi) is 32.5. The maximum Gasteiger partial charge on any atom is 0.472 e. The van der Waals surface area contributed by atoms with E-state index in [1.54, 1.807) is 0 Å². The summed E-state index contributed by atoms with van der Waals surface area (Å²) in [6.45, 7) is 2.18. The molecule has 0 aliphatic heterocycles. The molecule has 0 spiro atoms. The normalized spacial score (nSPS) is 14.8. The van der Waals surface area contributed by atoms with E-state index < -0.39 is 51.8 Å². The highest BCUT2D eigenvalue weighted by atomic mass is 31.2. The summed E-state index contributed by atoms with van der Waals surface area (Å²) in [5.74, 6) is -1.03. The van der Waals surface area contributed by atoms with Gasteiger partial charge in [-0.15, -0.1) is 0 Å². The van der Waals surface area contributed by atoms with Crippen LogP contribution in [-0.4, -0.2) is 65.7 Å². The quantitative estimate of drug-likeness (QED) is 0.0261. The van der Waals surface area contributed by atoms with Crippen molar-refractivity contribution in [2.75, 3.05) is 26.4 Å². The Bertz CT molecular complexity index is 1000. The van der Waals surface area contributed by atoms with Gasteiger partial charge >= 0.3 is 19.8 Å². The van der Waals surface area contributed by atoms with E-state index in [4.69, 9.17) is 19.1 Å². The van der Waals surface area contributed by atoms with Crippen LogP contribution in [0, 0.1) is 0 Å². The Morgan fingerprint density at radius 2 is 1.10 bits per heavy atom. The Morgan fingerprint density at radius 1 is 0.612 bits per heavy atom. The van der Waals surface area contributed by atoms with Gasteiger partial charge in [-0.1, -0.05) is 126 Å². The fraction of sp³-hybridized carbons (Fsp3) is 0.684. The second-order valence-corrected chi connectivity index (χ2v) is 13.4. The molecule has 3 N–H and O–H groups in total. The van der Waals surface area contributed by atoms with E-state index in [0.29, 0.717) is 12.8 Å². The summed E-state index contributed by atoms with van der Waals surface area (Å²) >= 11 is 0. The maximum absolute atomic E-state index is 12.5. The average molecular weight is 713 g/mol. The van der Waals surface area contributed by atoms with Crippen molar-refractivity contribution in [2.45, 2.75) is 142 Å². The van der Waals surface area contributed by atoms with Crippen molar-refractivity contribution in [2.24, 2.45) is 0 Å². The number of phosphoric acid groups is 1. The molecule has 0 saturated heterocycles. The molecule has 0 rings (SSSR count). The summed E-state index contributed by atoms with van der Waals surface area (Å²) in [4.78, 5) is 34.6. The predicted molar refractivity (Wildman–Crippen MR) is 196 cm³/mol. The number of rotatable bonds is 33. The molecule has 1 unspecified atom stereocenters. The van der Waals surface area contributed by atoms with Crippen LogP contribution in [0.3, 0.4) is 0 Å². The minimum absolute atomic E-state index is 0.0591. The Hall–Kier alpha value is -2.33. The van der Waals surface area contributed by atoms with Crippen molar-refractivity contribution in [3.8, 4) is 0 Å². The van der Waals surface area contributed by atoms with Gasteiger partial charge in [0.15, 0.2) is 6.10 Å². The first-order valence-corrected chi connectivity index (χ1v) is 19.7. The minimum Gasteiger partial charge on any atom is -0.462 e. The van der Waals surface area contributed by atoms with Gasteiger partial charge in [0.2, 0.25) is 0 Å². The van der Waals surface area contributed by atoms with Crippen molar-refractivity contribution < 1.29 is 47.8 Å². The number of phosphoric ester groups is 1. The topological polar surface area (TPSA) is 149 Å². The van der Waals surface area contributed by atoms with Crippen LogP contribution >= 0.6 is 7.82 Å². The van der Waals surface area contributed by atoms with Gasteiger partial charge in [0.25, 0.3) is 0 Å². The van der Waals surface area contributed by atoms with E-state index >= 15 is 0 Å². The van der Waals surface area contributed by atoms with Gasteiger partial charge in [-0.2, -0.15) is 0 Å².